The van der Waals surface area contributed by atoms with Crippen molar-refractivity contribution < 1.29 is 0 Å². The molecule has 0 aromatic carbocycles. The molecule has 0 unspecified atom stereocenters. The van der Waals surface area contributed by atoms with Crippen LogP contribution < -0.4 is 5.73 Å². The van der Waals surface area contributed by atoms with Gasteiger partial charge in [-0.15, -0.1) is 10.2 Å². The summed E-state index contributed by atoms with van der Waals surface area (Å²) < 4.78 is 2.27. The zero-order valence-electron chi connectivity index (χ0n) is 9.43. The fraction of sp³-hybridized carbons (Fsp3) is 0.818. The third-order valence-corrected chi connectivity index (χ3v) is 4.68. The molecule has 1 aromatic heterocycles. The third-order valence-electron chi connectivity index (χ3n) is 3.50. The van der Waals surface area contributed by atoms with E-state index in [9.17, 15) is 0 Å². The van der Waals surface area contributed by atoms with E-state index in [0.717, 1.165) is 16.9 Å². The van der Waals surface area contributed by atoms with Gasteiger partial charge in [-0.1, -0.05) is 18.2 Å². The van der Waals surface area contributed by atoms with Crippen LogP contribution in [0.25, 0.3) is 0 Å². The maximum atomic E-state index is 5.69. The van der Waals surface area contributed by atoms with Crippen molar-refractivity contribution in [3.63, 3.8) is 0 Å². The minimum atomic E-state index is 0.507. The maximum Gasteiger partial charge on any atom is 0.191 e. The lowest BCUT2D eigenvalue weighted by molar-refractivity contribution is 0.353. The van der Waals surface area contributed by atoms with Crippen molar-refractivity contribution in [3.8, 4) is 0 Å². The lowest BCUT2D eigenvalue weighted by atomic mass is 9.87. The molecule has 2 fully saturated rings. The van der Waals surface area contributed by atoms with Gasteiger partial charge in [0.1, 0.15) is 5.82 Å². The van der Waals surface area contributed by atoms with Crippen LogP contribution in [0.4, 0.5) is 0 Å². The molecule has 16 heavy (non-hydrogen) atoms. The largest absolute Gasteiger partial charge is 0.324 e. The first-order valence-electron chi connectivity index (χ1n) is 6.15. The molecule has 0 spiro atoms. The highest BCUT2D eigenvalue weighted by Gasteiger charge is 2.29. The lowest BCUT2D eigenvalue weighted by Crippen LogP contribution is -2.14. The van der Waals surface area contributed by atoms with Gasteiger partial charge in [-0.2, -0.15) is 0 Å². The molecule has 2 N–H and O–H groups in total. The van der Waals surface area contributed by atoms with Crippen LogP contribution in [-0.2, 0) is 6.54 Å². The first-order chi connectivity index (χ1) is 7.88. The Bertz CT molecular complexity index is 368. The van der Waals surface area contributed by atoms with Gasteiger partial charge in [0.15, 0.2) is 5.16 Å². The van der Waals surface area contributed by atoms with Crippen molar-refractivity contribution in [2.24, 2.45) is 11.7 Å². The average Bonchev–Trinajstić information content (AvgIpc) is 2.98. The van der Waals surface area contributed by atoms with E-state index in [4.69, 9.17) is 5.73 Å². The summed E-state index contributed by atoms with van der Waals surface area (Å²) in [5, 5.41) is 9.55. The van der Waals surface area contributed by atoms with Crippen LogP contribution in [-0.4, -0.2) is 20.5 Å². The fourth-order valence-electron chi connectivity index (χ4n) is 2.10. The lowest BCUT2D eigenvalue weighted by Gasteiger charge is -2.24. The van der Waals surface area contributed by atoms with Gasteiger partial charge >= 0.3 is 0 Å². The predicted octanol–water partition coefficient (Wildman–Crippen LogP) is 1.96. The van der Waals surface area contributed by atoms with Crippen molar-refractivity contribution >= 4 is 11.8 Å². The highest BCUT2D eigenvalue weighted by molar-refractivity contribution is 7.99. The van der Waals surface area contributed by atoms with Gasteiger partial charge < -0.3 is 10.3 Å². The van der Waals surface area contributed by atoms with Gasteiger partial charge in [-0.3, -0.25) is 0 Å². The Morgan fingerprint density at radius 3 is 2.62 bits per heavy atom. The van der Waals surface area contributed by atoms with Crippen LogP contribution in [0.15, 0.2) is 5.16 Å². The summed E-state index contributed by atoms with van der Waals surface area (Å²) in [7, 11) is 0. The van der Waals surface area contributed by atoms with E-state index < -0.39 is 0 Å². The molecule has 3 rings (SSSR count). The Hall–Kier alpha value is -0.550. The summed E-state index contributed by atoms with van der Waals surface area (Å²) in [5.74, 6) is 3.07. The van der Waals surface area contributed by atoms with Crippen molar-refractivity contribution in [3.05, 3.63) is 5.82 Å². The molecule has 2 aliphatic carbocycles. The molecule has 0 saturated heterocycles. The topological polar surface area (TPSA) is 56.7 Å². The molecular weight excluding hydrogens is 220 g/mol. The number of aromatic nitrogens is 3. The first-order valence-corrected chi connectivity index (χ1v) is 7.13. The highest BCUT2D eigenvalue weighted by Crippen LogP contribution is 2.40. The highest BCUT2D eigenvalue weighted by atomic mass is 32.2. The Kier molecular flexibility index (Phi) is 2.90. The van der Waals surface area contributed by atoms with Gasteiger partial charge in [0.25, 0.3) is 0 Å². The van der Waals surface area contributed by atoms with Crippen LogP contribution in [0.3, 0.4) is 0 Å². The number of hydrogen-bond donors (Lipinski definition) is 1. The molecule has 0 radical (unpaired) electrons. The van der Waals surface area contributed by atoms with Crippen molar-refractivity contribution in [1.29, 1.82) is 0 Å². The molecule has 5 heteroatoms. The normalized spacial score (nSPS) is 21.1. The second-order valence-corrected chi connectivity index (χ2v) is 5.80. The molecule has 0 atom stereocenters. The molecule has 0 bridgehead atoms. The minimum absolute atomic E-state index is 0.507. The van der Waals surface area contributed by atoms with Crippen LogP contribution in [0, 0.1) is 5.92 Å². The Morgan fingerprint density at radius 1 is 1.25 bits per heavy atom. The number of rotatable bonds is 5. The smallest absolute Gasteiger partial charge is 0.191 e. The van der Waals surface area contributed by atoms with Crippen molar-refractivity contribution in [2.75, 3.05) is 5.75 Å². The van der Waals surface area contributed by atoms with Crippen LogP contribution in [0.1, 0.15) is 44.0 Å². The van der Waals surface area contributed by atoms with Crippen LogP contribution in [0.5, 0.6) is 0 Å². The van der Waals surface area contributed by atoms with Gasteiger partial charge in [-0.05, 0) is 31.6 Å². The molecule has 1 aromatic rings. The second kappa shape index (κ2) is 4.37. The zero-order valence-corrected chi connectivity index (χ0v) is 10.2. The quantitative estimate of drug-likeness (QED) is 0.797. The molecule has 2 aliphatic rings. The summed E-state index contributed by atoms with van der Waals surface area (Å²) >= 11 is 1.87. The Balaban J connectivity index is 1.69. The van der Waals surface area contributed by atoms with E-state index >= 15 is 0 Å². The number of thioether (sulfide) groups is 1. The molecule has 0 amide bonds. The molecule has 1 heterocycles. The predicted molar refractivity (Wildman–Crippen MR) is 64.2 cm³/mol. The number of nitrogens with two attached hydrogens (primary N) is 1. The monoisotopic (exact) mass is 238 g/mol. The summed E-state index contributed by atoms with van der Waals surface area (Å²) in [6.45, 7) is 0.507. The van der Waals surface area contributed by atoms with Gasteiger partial charge in [0.05, 0.1) is 6.54 Å². The van der Waals surface area contributed by atoms with E-state index in [1.165, 1.54) is 37.9 Å². The number of hydrogen-bond acceptors (Lipinski definition) is 4. The molecular formula is C11H18N4S. The SMILES string of the molecule is NCc1nnc(SCC2CCC2)n1C1CC1. The summed E-state index contributed by atoms with van der Waals surface area (Å²) in [4.78, 5) is 0. The van der Waals surface area contributed by atoms with E-state index in [1.54, 1.807) is 0 Å². The Morgan fingerprint density at radius 2 is 2.06 bits per heavy atom. The maximum absolute atomic E-state index is 5.69. The van der Waals surface area contributed by atoms with Crippen molar-refractivity contribution in [1.82, 2.24) is 14.8 Å². The third kappa shape index (κ3) is 1.98. The minimum Gasteiger partial charge on any atom is -0.324 e. The first kappa shape index (κ1) is 10.6. The fourth-order valence-corrected chi connectivity index (χ4v) is 3.31. The Labute approximate surface area is 100.0 Å². The van der Waals surface area contributed by atoms with Crippen LogP contribution in [0.2, 0.25) is 0 Å². The van der Waals surface area contributed by atoms with Crippen LogP contribution >= 0.6 is 11.8 Å². The zero-order chi connectivity index (χ0) is 11.0. The van der Waals surface area contributed by atoms with E-state index in [0.29, 0.717) is 12.6 Å². The molecule has 2 saturated carbocycles. The van der Waals surface area contributed by atoms with Gasteiger partial charge in [0, 0.05) is 11.8 Å². The molecule has 88 valence electrons. The summed E-state index contributed by atoms with van der Waals surface area (Å²) in [5.41, 5.74) is 5.69. The summed E-state index contributed by atoms with van der Waals surface area (Å²) in [6, 6.07) is 0.637. The van der Waals surface area contributed by atoms with Crippen molar-refractivity contribution in [2.45, 2.75) is 49.8 Å². The van der Waals surface area contributed by atoms with E-state index in [-0.39, 0.29) is 0 Å². The van der Waals surface area contributed by atoms with E-state index in [1.807, 2.05) is 11.8 Å². The van der Waals surface area contributed by atoms with Gasteiger partial charge in [-0.25, -0.2) is 0 Å². The number of nitrogens with zero attached hydrogens (tertiary/aromatic N) is 3. The van der Waals surface area contributed by atoms with Gasteiger partial charge in [0.2, 0.25) is 0 Å². The molecule has 0 aliphatic heterocycles. The summed E-state index contributed by atoms with van der Waals surface area (Å²) in [6.07, 6.45) is 6.74. The standard InChI is InChI=1S/C11H18N4S/c12-6-10-13-14-11(15(10)9-4-5-9)16-7-8-2-1-3-8/h8-9H,1-7,12H2. The molecule has 4 nitrogen and oxygen atoms in total. The van der Waals surface area contributed by atoms with E-state index in [2.05, 4.69) is 14.8 Å². The average molecular weight is 238 g/mol. The second-order valence-electron chi connectivity index (χ2n) is 4.81.